The van der Waals surface area contributed by atoms with Crippen LogP contribution in [0.1, 0.15) is 27.2 Å². The first kappa shape index (κ1) is 13.4. The summed E-state index contributed by atoms with van der Waals surface area (Å²) in [4.78, 5) is 8.05. The Hall–Kier alpha value is -0.680. The predicted molar refractivity (Wildman–Crippen MR) is 67.3 cm³/mol. The van der Waals surface area contributed by atoms with E-state index in [-0.39, 0.29) is 5.54 Å². The standard InChI is InChI=1S/C11H18BrN3O/c1-8(2)4-11(3,13)7-16-10-14-5-9(12)6-15-10/h5-6,8H,4,7,13H2,1-3H3. The SMILES string of the molecule is CC(C)CC(C)(N)COc1ncc(Br)cn1. The number of rotatable bonds is 5. The number of hydrogen-bond acceptors (Lipinski definition) is 4. The van der Waals surface area contributed by atoms with Crippen molar-refractivity contribution < 1.29 is 4.74 Å². The van der Waals surface area contributed by atoms with Crippen LogP contribution in [0.2, 0.25) is 0 Å². The molecular formula is C11H18BrN3O. The molecule has 1 aromatic heterocycles. The van der Waals surface area contributed by atoms with Gasteiger partial charge in [-0.3, -0.25) is 0 Å². The van der Waals surface area contributed by atoms with Crippen LogP contribution in [0.3, 0.4) is 0 Å². The van der Waals surface area contributed by atoms with Gasteiger partial charge in [-0.05, 0) is 35.2 Å². The van der Waals surface area contributed by atoms with Crippen LogP contribution in [-0.4, -0.2) is 22.1 Å². The predicted octanol–water partition coefficient (Wildman–Crippen LogP) is 2.38. The molecule has 0 saturated heterocycles. The van der Waals surface area contributed by atoms with E-state index in [2.05, 4.69) is 39.7 Å². The van der Waals surface area contributed by atoms with Crippen molar-refractivity contribution in [3.63, 3.8) is 0 Å². The third kappa shape index (κ3) is 4.90. The van der Waals surface area contributed by atoms with E-state index in [1.165, 1.54) is 0 Å². The van der Waals surface area contributed by atoms with Crippen LogP contribution < -0.4 is 10.5 Å². The zero-order chi connectivity index (χ0) is 12.2. The Labute approximate surface area is 105 Å². The van der Waals surface area contributed by atoms with Crippen LogP contribution >= 0.6 is 15.9 Å². The summed E-state index contributed by atoms with van der Waals surface area (Å²) in [6, 6.07) is 0.364. The van der Waals surface area contributed by atoms with Crippen molar-refractivity contribution in [2.45, 2.75) is 32.7 Å². The number of nitrogens with two attached hydrogens (primary N) is 1. The lowest BCUT2D eigenvalue weighted by atomic mass is 9.93. The summed E-state index contributed by atoms with van der Waals surface area (Å²) in [5.74, 6) is 0.546. The summed E-state index contributed by atoms with van der Waals surface area (Å²) < 4.78 is 6.29. The molecule has 0 saturated carbocycles. The van der Waals surface area contributed by atoms with Gasteiger partial charge in [-0.2, -0.15) is 0 Å². The second kappa shape index (κ2) is 5.59. The molecular weight excluding hydrogens is 270 g/mol. The molecule has 1 unspecified atom stereocenters. The van der Waals surface area contributed by atoms with Gasteiger partial charge in [0.2, 0.25) is 0 Å². The first-order chi connectivity index (χ1) is 7.39. The molecule has 1 atom stereocenters. The Morgan fingerprint density at radius 2 is 2.00 bits per heavy atom. The lowest BCUT2D eigenvalue weighted by Crippen LogP contribution is -2.43. The number of ether oxygens (including phenoxy) is 1. The maximum atomic E-state index is 6.11. The van der Waals surface area contributed by atoms with Crippen LogP contribution in [0.25, 0.3) is 0 Å². The zero-order valence-electron chi connectivity index (χ0n) is 9.90. The number of hydrogen-bond donors (Lipinski definition) is 1. The Bertz CT molecular complexity index is 325. The molecule has 0 aromatic carbocycles. The van der Waals surface area contributed by atoms with Gasteiger partial charge in [0.25, 0.3) is 0 Å². The zero-order valence-corrected chi connectivity index (χ0v) is 11.5. The van der Waals surface area contributed by atoms with Crippen molar-refractivity contribution in [1.82, 2.24) is 9.97 Å². The molecule has 2 N–H and O–H groups in total. The summed E-state index contributed by atoms with van der Waals surface area (Å²) in [7, 11) is 0. The lowest BCUT2D eigenvalue weighted by Gasteiger charge is -2.25. The Balaban J connectivity index is 2.47. The average Bonchev–Trinajstić information content (AvgIpc) is 2.15. The highest BCUT2D eigenvalue weighted by atomic mass is 79.9. The highest BCUT2D eigenvalue weighted by molar-refractivity contribution is 9.10. The number of aromatic nitrogens is 2. The van der Waals surface area contributed by atoms with E-state index in [4.69, 9.17) is 10.5 Å². The van der Waals surface area contributed by atoms with Crippen LogP contribution in [-0.2, 0) is 0 Å². The van der Waals surface area contributed by atoms with Crippen molar-refractivity contribution in [3.05, 3.63) is 16.9 Å². The van der Waals surface area contributed by atoms with Gasteiger partial charge in [0, 0.05) is 17.9 Å². The minimum absolute atomic E-state index is 0.343. The van der Waals surface area contributed by atoms with Crippen LogP contribution in [0.5, 0.6) is 6.01 Å². The molecule has 4 nitrogen and oxygen atoms in total. The summed E-state index contributed by atoms with van der Waals surface area (Å²) in [6.45, 7) is 6.68. The lowest BCUT2D eigenvalue weighted by molar-refractivity contribution is 0.194. The molecule has 0 aliphatic heterocycles. The molecule has 16 heavy (non-hydrogen) atoms. The fraction of sp³-hybridized carbons (Fsp3) is 0.636. The molecule has 0 aliphatic carbocycles. The average molecular weight is 288 g/mol. The van der Waals surface area contributed by atoms with Crippen LogP contribution in [0.15, 0.2) is 16.9 Å². The van der Waals surface area contributed by atoms with Gasteiger partial charge in [0.1, 0.15) is 6.61 Å². The number of nitrogens with zero attached hydrogens (tertiary/aromatic N) is 2. The molecule has 1 aromatic rings. The van der Waals surface area contributed by atoms with Gasteiger partial charge in [-0.25, -0.2) is 9.97 Å². The summed E-state index contributed by atoms with van der Waals surface area (Å²) in [5, 5.41) is 0. The maximum absolute atomic E-state index is 6.11. The summed E-state index contributed by atoms with van der Waals surface area (Å²) in [5.41, 5.74) is 5.76. The van der Waals surface area contributed by atoms with Crippen molar-refractivity contribution in [2.75, 3.05) is 6.61 Å². The minimum Gasteiger partial charge on any atom is -0.462 e. The first-order valence-corrected chi connectivity index (χ1v) is 6.07. The quantitative estimate of drug-likeness (QED) is 0.903. The highest BCUT2D eigenvalue weighted by Gasteiger charge is 2.21. The molecule has 0 radical (unpaired) electrons. The third-order valence-corrected chi connectivity index (χ3v) is 2.41. The highest BCUT2D eigenvalue weighted by Crippen LogP contribution is 2.15. The van der Waals surface area contributed by atoms with Crippen molar-refractivity contribution >= 4 is 15.9 Å². The normalized spacial score (nSPS) is 14.9. The molecule has 0 spiro atoms. The van der Waals surface area contributed by atoms with Crippen molar-refractivity contribution in [1.29, 1.82) is 0 Å². The second-order valence-electron chi connectivity index (χ2n) is 4.72. The molecule has 1 heterocycles. The smallest absolute Gasteiger partial charge is 0.316 e. The molecule has 5 heteroatoms. The van der Waals surface area contributed by atoms with Gasteiger partial charge >= 0.3 is 6.01 Å². The third-order valence-electron chi connectivity index (χ3n) is 2.00. The molecule has 0 bridgehead atoms. The fourth-order valence-corrected chi connectivity index (χ4v) is 1.80. The molecule has 1 rings (SSSR count). The molecule has 0 aliphatic rings. The van der Waals surface area contributed by atoms with Gasteiger partial charge in [0.05, 0.1) is 4.47 Å². The Morgan fingerprint density at radius 3 is 2.50 bits per heavy atom. The topological polar surface area (TPSA) is 61.0 Å². The van der Waals surface area contributed by atoms with E-state index in [9.17, 15) is 0 Å². The van der Waals surface area contributed by atoms with E-state index in [1.807, 2.05) is 6.92 Å². The van der Waals surface area contributed by atoms with Gasteiger partial charge in [0.15, 0.2) is 0 Å². The largest absolute Gasteiger partial charge is 0.462 e. The van der Waals surface area contributed by atoms with Crippen molar-refractivity contribution in [2.24, 2.45) is 11.7 Å². The first-order valence-electron chi connectivity index (χ1n) is 5.28. The summed E-state index contributed by atoms with van der Waals surface area (Å²) >= 11 is 3.26. The van der Waals surface area contributed by atoms with E-state index in [0.717, 1.165) is 10.9 Å². The second-order valence-corrected chi connectivity index (χ2v) is 5.64. The van der Waals surface area contributed by atoms with Gasteiger partial charge < -0.3 is 10.5 Å². The molecule has 0 amide bonds. The Kier molecular flexibility index (Phi) is 4.68. The summed E-state index contributed by atoms with van der Waals surface area (Å²) in [6.07, 6.45) is 4.21. The molecule has 0 fully saturated rings. The number of halogens is 1. The van der Waals surface area contributed by atoms with Gasteiger partial charge in [-0.1, -0.05) is 13.8 Å². The van der Waals surface area contributed by atoms with E-state index in [0.29, 0.717) is 18.5 Å². The Morgan fingerprint density at radius 1 is 1.44 bits per heavy atom. The molecule has 90 valence electrons. The maximum Gasteiger partial charge on any atom is 0.316 e. The van der Waals surface area contributed by atoms with E-state index < -0.39 is 0 Å². The minimum atomic E-state index is -0.343. The van der Waals surface area contributed by atoms with Crippen LogP contribution in [0, 0.1) is 5.92 Å². The monoisotopic (exact) mass is 287 g/mol. The van der Waals surface area contributed by atoms with Crippen LogP contribution in [0.4, 0.5) is 0 Å². The van der Waals surface area contributed by atoms with E-state index >= 15 is 0 Å². The van der Waals surface area contributed by atoms with E-state index in [1.54, 1.807) is 12.4 Å². The fourth-order valence-electron chi connectivity index (χ4n) is 1.60. The van der Waals surface area contributed by atoms with Gasteiger partial charge in [-0.15, -0.1) is 0 Å². The van der Waals surface area contributed by atoms with Crippen molar-refractivity contribution in [3.8, 4) is 6.01 Å².